The van der Waals surface area contributed by atoms with Crippen molar-refractivity contribution in [1.82, 2.24) is 20.5 Å². The van der Waals surface area contributed by atoms with E-state index in [1.54, 1.807) is 11.3 Å². The van der Waals surface area contributed by atoms with Crippen LogP contribution in [0.5, 0.6) is 5.75 Å². The maximum Gasteiger partial charge on any atom is 0.412 e. The summed E-state index contributed by atoms with van der Waals surface area (Å²) in [6, 6.07) is 9.85. The van der Waals surface area contributed by atoms with Crippen molar-refractivity contribution in [3.63, 3.8) is 0 Å². The number of fused-ring (bicyclic) bond motifs is 1. The predicted octanol–water partition coefficient (Wildman–Crippen LogP) is 4.95. The summed E-state index contributed by atoms with van der Waals surface area (Å²) >= 11 is 1.60. The molecule has 7 nitrogen and oxygen atoms in total. The maximum atomic E-state index is 13.2. The van der Waals surface area contributed by atoms with Crippen molar-refractivity contribution >= 4 is 34.2 Å². The molecule has 2 aromatic heterocycles. The Hall–Kier alpha value is -2.97. The van der Waals surface area contributed by atoms with Gasteiger partial charge in [0.25, 0.3) is 0 Å². The van der Waals surface area contributed by atoms with Crippen molar-refractivity contribution < 1.29 is 14.3 Å². The highest BCUT2D eigenvalue weighted by Gasteiger charge is 2.26. The number of thiophene rings is 1. The van der Waals surface area contributed by atoms with E-state index >= 15 is 0 Å². The molecule has 3 heterocycles. The molecule has 0 radical (unpaired) electrons. The fourth-order valence-electron chi connectivity index (χ4n) is 5.23. The van der Waals surface area contributed by atoms with Crippen LogP contribution in [0.25, 0.3) is 22.2 Å². The number of para-hydroxylation sites is 1. The number of hydrogen-bond donors (Lipinski definition) is 2. The molecular formula is C27H32N4O3S. The molecule has 184 valence electrons. The largest absolute Gasteiger partial charge is 0.412 e. The zero-order valence-electron chi connectivity index (χ0n) is 20.1. The first-order chi connectivity index (χ1) is 17.1. The van der Waals surface area contributed by atoms with Crippen molar-refractivity contribution in [2.24, 2.45) is 5.92 Å². The SMILES string of the molecule is C[C@H](NC(=O)Oc1c(CN2CCNC(=O)C2)c(-c2ccsc2)nc2ccccc12)C1CCCCC1. The van der Waals surface area contributed by atoms with E-state index in [-0.39, 0.29) is 11.9 Å². The van der Waals surface area contributed by atoms with E-state index in [2.05, 4.69) is 27.8 Å². The number of pyridine rings is 1. The van der Waals surface area contributed by atoms with Gasteiger partial charge in [-0.25, -0.2) is 9.78 Å². The minimum absolute atomic E-state index is 0.00333. The summed E-state index contributed by atoms with van der Waals surface area (Å²) in [5.41, 5.74) is 3.38. The Labute approximate surface area is 209 Å². The van der Waals surface area contributed by atoms with Crippen LogP contribution in [0.15, 0.2) is 41.1 Å². The van der Waals surface area contributed by atoms with Crippen LogP contribution in [0, 0.1) is 5.92 Å². The highest BCUT2D eigenvalue weighted by Crippen LogP contribution is 2.37. The number of piperazine rings is 1. The van der Waals surface area contributed by atoms with Crippen molar-refractivity contribution in [3.8, 4) is 17.0 Å². The molecule has 1 aliphatic heterocycles. The quantitative estimate of drug-likeness (QED) is 0.509. The normalized spacial score (nSPS) is 18.3. The van der Waals surface area contributed by atoms with E-state index in [4.69, 9.17) is 9.72 Å². The van der Waals surface area contributed by atoms with Crippen LogP contribution in [-0.2, 0) is 11.3 Å². The molecule has 0 bridgehead atoms. The number of carbonyl (C=O) groups excluding carboxylic acids is 2. The fourth-order valence-corrected chi connectivity index (χ4v) is 5.87. The molecule has 2 aliphatic rings. The number of amides is 2. The third kappa shape index (κ3) is 5.49. The first-order valence-electron chi connectivity index (χ1n) is 12.5. The molecule has 35 heavy (non-hydrogen) atoms. The number of aromatic nitrogens is 1. The van der Waals surface area contributed by atoms with Gasteiger partial charge in [-0.15, -0.1) is 0 Å². The van der Waals surface area contributed by atoms with Crippen molar-refractivity contribution in [2.75, 3.05) is 19.6 Å². The predicted molar refractivity (Wildman–Crippen MR) is 139 cm³/mol. The van der Waals surface area contributed by atoms with Crippen LogP contribution in [0.2, 0.25) is 0 Å². The molecule has 2 fully saturated rings. The molecule has 0 unspecified atom stereocenters. The van der Waals surface area contributed by atoms with Gasteiger partial charge in [0.05, 0.1) is 17.8 Å². The summed E-state index contributed by atoms with van der Waals surface area (Å²) in [4.78, 5) is 32.3. The standard InChI is InChI=1S/C27H32N4O3S/c1-18(19-7-3-2-4-8-19)29-27(33)34-26-21-9-5-6-10-23(21)30-25(20-11-14-35-17-20)22(26)15-31-13-12-28-24(32)16-31/h5-6,9-11,14,17-19H,2-4,7-8,12-13,15-16H2,1H3,(H,28,32)(H,29,33)/t18-/m0/s1. The summed E-state index contributed by atoms with van der Waals surface area (Å²) in [5, 5.41) is 10.8. The Morgan fingerprint density at radius 1 is 1.26 bits per heavy atom. The molecule has 1 saturated heterocycles. The molecule has 8 heteroatoms. The number of hydrogen-bond acceptors (Lipinski definition) is 6. The van der Waals surface area contributed by atoms with Gasteiger partial charge in [-0.3, -0.25) is 9.69 Å². The van der Waals surface area contributed by atoms with Gasteiger partial charge in [-0.2, -0.15) is 11.3 Å². The van der Waals surface area contributed by atoms with Gasteiger partial charge in [0.15, 0.2) is 0 Å². The topological polar surface area (TPSA) is 83.6 Å². The molecule has 1 atom stereocenters. The molecule has 2 amide bonds. The van der Waals surface area contributed by atoms with Crippen molar-refractivity contribution in [3.05, 3.63) is 46.7 Å². The van der Waals surface area contributed by atoms with Gasteiger partial charge < -0.3 is 15.4 Å². The van der Waals surface area contributed by atoms with E-state index in [0.29, 0.717) is 31.3 Å². The first-order valence-corrected chi connectivity index (χ1v) is 13.4. The fraction of sp³-hybridized carbons (Fsp3) is 0.444. The minimum atomic E-state index is -0.437. The molecule has 1 aromatic carbocycles. The molecule has 0 spiro atoms. The molecule has 1 saturated carbocycles. The number of nitrogens with zero attached hydrogens (tertiary/aromatic N) is 2. The lowest BCUT2D eigenvalue weighted by atomic mass is 9.85. The van der Waals surface area contributed by atoms with Gasteiger partial charge in [0.2, 0.25) is 5.91 Å². The minimum Gasteiger partial charge on any atom is -0.409 e. The lowest BCUT2D eigenvalue weighted by Crippen LogP contribution is -2.47. The summed E-state index contributed by atoms with van der Waals surface area (Å²) in [6.07, 6.45) is 5.57. The van der Waals surface area contributed by atoms with Crippen LogP contribution < -0.4 is 15.4 Å². The second kappa shape index (κ2) is 10.7. The lowest BCUT2D eigenvalue weighted by molar-refractivity contribution is -0.124. The van der Waals surface area contributed by atoms with E-state index in [1.807, 2.05) is 35.7 Å². The second-order valence-electron chi connectivity index (χ2n) is 9.58. The monoisotopic (exact) mass is 492 g/mol. The van der Waals surface area contributed by atoms with Crippen LogP contribution in [0.4, 0.5) is 4.79 Å². The van der Waals surface area contributed by atoms with Crippen molar-refractivity contribution in [1.29, 1.82) is 0 Å². The first kappa shape index (κ1) is 23.8. The number of ether oxygens (including phenoxy) is 1. The third-order valence-corrected chi connectivity index (χ3v) is 7.82. The average Bonchev–Trinajstić information content (AvgIpc) is 3.40. The van der Waals surface area contributed by atoms with Crippen LogP contribution in [0.1, 0.15) is 44.6 Å². The summed E-state index contributed by atoms with van der Waals surface area (Å²) in [5.74, 6) is 1.01. The number of carbonyl (C=O) groups is 2. The molecule has 1 aliphatic carbocycles. The Balaban J connectivity index is 1.51. The van der Waals surface area contributed by atoms with Gasteiger partial charge in [-0.05, 0) is 49.3 Å². The molecule has 3 aromatic rings. The smallest absolute Gasteiger partial charge is 0.409 e. The Morgan fingerprint density at radius 2 is 2.09 bits per heavy atom. The third-order valence-electron chi connectivity index (χ3n) is 7.13. The Kier molecular flexibility index (Phi) is 7.29. The second-order valence-corrected chi connectivity index (χ2v) is 10.4. The zero-order valence-corrected chi connectivity index (χ0v) is 20.9. The van der Waals surface area contributed by atoms with E-state index < -0.39 is 6.09 Å². The molecule has 2 N–H and O–H groups in total. The summed E-state index contributed by atoms with van der Waals surface area (Å²) in [7, 11) is 0. The summed E-state index contributed by atoms with van der Waals surface area (Å²) in [6.45, 7) is 4.18. The van der Waals surface area contributed by atoms with E-state index in [1.165, 1.54) is 19.3 Å². The summed E-state index contributed by atoms with van der Waals surface area (Å²) < 4.78 is 6.11. The van der Waals surface area contributed by atoms with Gasteiger partial charge in [0, 0.05) is 47.6 Å². The van der Waals surface area contributed by atoms with Crippen LogP contribution in [-0.4, -0.2) is 47.6 Å². The van der Waals surface area contributed by atoms with Crippen LogP contribution >= 0.6 is 11.3 Å². The highest BCUT2D eigenvalue weighted by atomic mass is 32.1. The van der Waals surface area contributed by atoms with E-state index in [0.717, 1.165) is 47.1 Å². The number of nitrogens with one attached hydrogen (secondary N) is 2. The zero-order chi connectivity index (χ0) is 24.2. The van der Waals surface area contributed by atoms with Crippen molar-refractivity contribution in [2.45, 2.75) is 51.6 Å². The average molecular weight is 493 g/mol. The molecular weight excluding hydrogens is 460 g/mol. The van der Waals surface area contributed by atoms with E-state index in [9.17, 15) is 9.59 Å². The van der Waals surface area contributed by atoms with Gasteiger partial charge in [0.1, 0.15) is 5.75 Å². The maximum absolute atomic E-state index is 13.2. The number of rotatable bonds is 6. The Bertz CT molecular complexity index is 1190. The lowest BCUT2D eigenvalue weighted by Gasteiger charge is -2.29. The molecule has 5 rings (SSSR count). The van der Waals surface area contributed by atoms with Gasteiger partial charge >= 0.3 is 6.09 Å². The Morgan fingerprint density at radius 3 is 2.86 bits per heavy atom. The highest BCUT2D eigenvalue weighted by molar-refractivity contribution is 7.08. The van der Waals surface area contributed by atoms with Gasteiger partial charge in [-0.1, -0.05) is 31.4 Å². The van der Waals surface area contributed by atoms with Crippen LogP contribution in [0.3, 0.4) is 0 Å². The number of benzene rings is 1.